The first-order valence-corrected chi connectivity index (χ1v) is 11.6. The highest BCUT2D eigenvalue weighted by atomic mass is 35.5. The monoisotopic (exact) mass is 492 g/mol. The molecule has 0 saturated carbocycles. The second kappa shape index (κ2) is 9.55. The Morgan fingerprint density at radius 2 is 1.63 bits per heavy atom. The number of benzene rings is 3. The van der Waals surface area contributed by atoms with Crippen molar-refractivity contribution < 1.29 is 18.0 Å². The van der Waals surface area contributed by atoms with Crippen LogP contribution < -0.4 is 4.90 Å². The molecule has 3 aromatic carbocycles. The topological polar surface area (TPSA) is 33.2 Å². The predicted molar refractivity (Wildman–Crippen MR) is 130 cm³/mol. The lowest BCUT2D eigenvalue weighted by atomic mass is 9.91. The Bertz CT molecular complexity index is 1390. The molecule has 0 saturated heterocycles. The largest absolute Gasteiger partial charge is 0.273 e. The van der Waals surface area contributed by atoms with Gasteiger partial charge >= 0.3 is 0 Å². The molecule has 0 fully saturated rings. The summed E-state index contributed by atoms with van der Waals surface area (Å²) in [5, 5.41) is 0.0214. The van der Waals surface area contributed by atoms with Crippen molar-refractivity contribution in [1.82, 2.24) is 4.98 Å². The molecule has 0 spiro atoms. The molecule has 5 rings (SSSR count). The van der Waals surface area contributed by atoms with E-state index in [0.717, 1.165) is 28.4 Å². The Balaban J connectivity index is 1.48. The van der Waals surface area contributed by atoms with Crippen LogP contribution in [-0.4, -0.2) is 10.9 Å². The summed E-state index contributed by atoms with van der Waals surface area (Å²) in [6.07, 6.45) is 3.11. The van der Waals surface area contributed by atoms with Crippen LogP contribution >= 0.6 is 11.6 Å². The maximum atomic E-state index is 13.7. The summed E-state index contributed by atoms with van der Waals surface area (Å²) in [6, 6.07) is 19.0. The highest BCUT2D eigenvalue weighted by Gasteiger charge is 2.38. The fraction of sp³-hybridized carbons (Fsp3) is 0.143. The van der Waals surface area contributed by atoms with Gasteiger partial charge in [-0.1, -0.05) is 29.8 Å². The molecule has 0 radical (unpaired) electrons. The number of hydrogen-bond acceptors (Lipinski definition) is 2. The highest BCUT2D eigenvalue weighted by Crippen LogP contribution is 2.45. The van der Waals surface area contributed by atoms with Crippen LogP contribution in [0.15, 0.2) is 79.0 Å². The van der Waals surface area contributed by atoms with Crippen molar-refractivity contribution in [2.75, 3.05) is 4.90 Å². The van der Waals surface area contributed by atoms with Gasteiger partial charge < -0.3 is 0 Å². The molecule has 2 heterocycles. The van der Waals surface area contributed by atoms with Gasteiger partial charge in [0.1, 0.15) is 23.3 Å². The minimum Gasteiger partial charge on any atom is -0.273 e. The van der Waals surface area contributed by atoms with Gasteiger partial charge in [-0.3, -0.25) is 9.69 Å². The summed E-state index contributed by atoms with van der Waals surface area (Å²) in [4.78, 5) is 19.5. The Morgan fingerprint density at radius 3 is 2.34 bits per heavy atom. The summed E-state index contributed by atoms with van der Waals surface area (Å²) in [5.74, 6) is -1.79. The van der Waals surface area contributed by atoms with E-state index in [1.807, 2.05) is 24.3 Å². The van der Waals surface area contributed by atoms with Crippen LogP contribution in [-0.2, 0) is 11.2 Å². The lowest BCUT2D eigenvalue weighted by Crippen LogP contribution is -2.24. The fourth-order valence-electron chi connectivity index (χ4n) is 4.57. The van der Waals surface area contributed by atoms with E-state index in [1.54, 1.807) is 35.4 Å². The van der Waals surface area contributed by atoms with Gasteiger partial charge in [0.2, 0.25) is 5.91 Å². The summed E-state index contributed by atoms with van der Waals surface area (Å²) >= 11 is 5.99. The van der Waals surface area contributed by atoms with Gasteiger partial charge in [0, 0.05) is 12.3 Å². The number of nitrogens with zero attached hydrogens (tertiary/aromatic N) is 2. The van der Waals surface area contributed by atoms with Gasteiger partial charge in [0.15, 0.2) is 0 Å². The molecular formula is C28H20ClF3N2O. The quantitative estimate of drug-likeness (QED) is 0.277. The minimum absolute atomic E-state index is 0.0214. The maximum absolute atomic E-state index is 13.7. The number of hydrogen-bond donors (Lipinski definition) is 0. The SMILES string of the molecule is O=C1C(CCCc2cc(F)cc(F)c2)c2cc(-c3ccc(F)c(Cl)c3)ccc2N1c1ccccn1. The number of aromatic nitrogens is 1. The Morgan fingerprint density at radius 1 is 0.886 bits per heavy atom. The van der Waals surface area contributed by atoms with Crippen LogP contribution in [0.3, 0.4) is 0 Å². The number of aryl methyl sites for hydroxylation is 1. The number of halogens is 4. The third-order valence-electron chi connectivity index (χ3n) is 6.17. The molecule has 3 nitrogen and oxygen atoms in total. The van der Waals surface area contributed by atoms with E-state index in [-0.39, 0.29) is 10.9 Å². The number of fused-ring (bicyclic) bond motifs is 1. The first-order valence-electron chi connectivity index (χ1n) is 11.2. The van der Waals surface area contributed by atoms with Crippen molar-refractivity contribution in [3.05, 3.63) is 113 Å². The van der Waals surface area contributed by atoms with Gasteiger partial charge in [-0.25, -0.2) is 18.2 Å². The smallest absolute Gasteiger partial charge is 0.240 e. The first kappa shape index (κ1) is 23.1. The fourth-order valence-corrected chi connectivity index (χ4v) is 4.75. The van der Waals surface area contributed by atoms with Crippen LogP contribution in [0.5, 0.6) is 0 Å². The van der Waals surface area contributed by atoms with Crippen molar-refractivity contribution in [2.24, 2.45) is 0 Å². The van der Waals surface area contributed by atoms with Crippen LogP contribution in [0, 0.1) is 17.5 Å². The first-order chi connectivity index (χ1) is 16.9. The van der Waals surface area contributed by atoms with Crippen LogP contribution in [0.2, 0.25) is 5.02 Å². The van der Waals surface area contributed by atoms with Gasteiger partial charge in [-0.15, -0.1) is 0 Å². The van der Waals surface area contributed by atoms with Gasteiger partial charge in [-0.2, -0.15) is 0 Å². The molecule has 1 aliphatic heterocycles. The molecule has 35 heavy (non-hydrogen) atoms. The molecule has 176 valence electrons. The standard InChI is InChI=1S/C28H20ClF3N2O/c29-24-15-19(7-9-25(24)32)18-8-10-26-23(14-18)22(28(35)34(26)27-6-1-2-11-33-27)5-3-4-17-12-20(30)16-21(31)13-17/h1-2,6-16,22H,3-5H2. The third-order valence-corrected chi connectivity index (χ3v) is 6.46. The third kappa shape index (κ3) is 4.66. The molecule has 1 unspecified atom stereocenters. The Kier molecular flexibility index (Phi) is 6.31. The molecule has 7 heteroatoms. The molecule has 1 aromatic heterocycles. The van der Waals surface area contributed by atoms with E-state index >= 15 is 0 Å². The molecule has 1 atom stereocenters. The Labute approximate surface area is 205 Å². The summed E-state index contributed by atoms with van der Waals surface area (Å²) < 4.78 is 40.8. The normalized spacial score (nSPS) is 14.9. The molecule has 0 bridgehead atoms. The van der Waals surface area contributed by atoms with Crippen LogP contribution in [0.25, 0.3) is 11.1 Å². The van der Waals surface area contributed by atoms with E-state index in [2.05, 4.69) is 4.98 Å². The minimum atomic E-state index is -0.619. The average molecular weight is 493 g/mol. The van der Waals surface area contributed by atoms with Crippen molar-refractivity contribution in [2.45, 2.75) is 25.2 Å². The van der Waals surface area contributed by atoms with Crippen molar-refractivity contribution in [3.8, 4) is 11.1 Å². The van der Waals surface area contributed by atoms with E-state index in [9.17, 15) is 18.0 Å². The van der Waals surface area contributed by atoms with Crippen molar-refractivity contribution >= 4 is 29.0 Å². The second-order valence-electron chi connectivity index (χ2n) is 8.49. The van der Waals surface area contributed by atoms with Crippen LogP contribution in [0.1, 0.15) is 29.9 Å². The predicted octanol–water partition coefficient (Wildman–Crippen LogP) is 7.60. The number of anilines is 2. The van der Waals surface area contributed by atoms with Crippen molar-refractivity contribution in [3.63, 3.8) is 0 Å². The van der Waals surface area contributed by atoms with Gasteiger partial charge in [0.25, 0.3) is 0 Å². The van der Waals surface area contributed by atoms with E-state index in [1.165, 1.54) is 18.2 Å². The van der Waals surface area contributed by atoms with Gasteiger partial charge in [-0.05, 0) is 90.0 Å². The number of pyridine rings is 1. The highest BCUT2D eigenvalue weighted by molar-refractivity contribution is 6.31. The molecule has 1 aliphatic rings. The number of rotatable bonds is 6. The zero-order valence-corrected chi connectivity index (χ0v) is 19.3. The Hall–Kier alpha value is -3.64. The van der Waals surface area contributed by atoms with Crippen LogP contribution in [0.4, 0.5) is 24.7 Å². The second-order valence-corrected chi connectivity index (χ2v) is 8.89. The molecule has 0 aliphatic carbocycles. The summed E-state index contributed by atoms with van der Waals surface area (Å²) in [7, 11) is 0. The summed E-state index contributed by atoms with van der Waals surface area (Å²) in [5.41, 5.74) is 3.64. The maximum Gasteiger partial charge on any atom is 0.240 e. The lowest BCUT2D eigenvalue weighted by Gasteiger charge is -2.17. The van der Waals surface area contributed by atoms with E-state index in [0.29, 0.717) is 30.6 Å². The van der Waals surface area contributed by atoms with E-state index < -0.39 is 23.4 Å². The zero-order valence-electron chi connectivity index (χ0n) is 18.5. The van der Waals surface area contributed by atoms with Gasteiger partial charge in [0.05, 0.1) is 16.6 Å². The zero-order chi connectivity index (χ0) is 24.5. The molecule has 4 aromatic rings. The van der Waals surface area contributed by atoms with Crippen molar-refractivity contribution in [1.29, 1.82) is 0 Å². The number of carbonyl (C=O) groups is 1. The number of carbonyl (C=O) groups excluding carboxylic acids is 1. The number of amides is 1. The molecule has 0 N–H and O–H groups in total. The molecule has 1 amide bonds. The lowest BCUT2D eigenvalue weighted by molar-refractivity contribution is -0.118. The molecular weight excluding hydrogens is 473 g/mol. The summed E-state index contributed by atoms with van der Waals surface area (Å²) in [6.45, 7) is 0. The average Bonchev–Trinajstić information content (AvgIpc) is 3.11. The van der Waals surface area contributed by atoms with E-state index in [4.69, 9.17) is 11.6 Å².